The summed E-state index contributed by atoms with van der Waals surface area (Å²) in [6.07, 6.45) is 0. The van der Waals surface area contributed by atoms with Crippen LogP contribution in [0.4, 0.5) is 11.4 Å². The standard InChI is InChI=1S/C11H12N2/c1-13-11-4-2-3-8-7-9(12)5-6-10(8)11/h2-7,13H,12H2,1H3. The van der Waals surface area contributed by atoms with E-state index in [1.54, 1.807) is 0 Å². The molecule has 0 aliphatic heterocycles. The third kappa shape index (κ3) is 1.31. The maximum atomic E-state index is 5.69. The van der Waals surface area contributed by atoms with E-state index in [1.165, 1.54) is 10.8 Å². The first-order valence-electron chi connectivity index (χ1n) is 4.27. The number of benzene rings is 2. The van der Waals surface area contributed by atoms with Crippen molar-refractivity contribution in [3.63, 3.8) is 0 Å². The number of rotatable bonds is 1. The minimum Gasteiger partial charge on any atom is -0.399 e. The lowest BCUT2D eigenvalue weighted by molar-refractivity contribution is 1.55. The van der Waals surface area contributed by atoms with E-state index >= 15 is 0 Å². The highest BCUT2D eigenvalue weighted by molar-refractivity contribution is 5.95. The molecule has 13 heavy (non-hydrogen) atoms. The highest BCUT2D eigenvalue weighted by Gasteiger charge is 1.97. The van der Waals surface area contributed by atoms with Crippen molar-refractivity contribution in [2.45, 2.75) is 0 Å². The molecule has 2 aromatic rings. The SMILES string of the molecule is CNc1cccc2cc(N)ccc12. The fourth-order valence-corrected chi connectivity index (χ4v) is 1.52. The maximum absolute atomic E-state index is 5.69. The third-order valence-electron chi connectivity index (χ3n) is 2.17. The van der Waals surface area contributed by atoms with E-state index in [0.29, 0.717) is 0 Å². The van der Waals surface area contributed by atoms with Crippen LogP contribution in [0.15, 0.2) is 36.4 Å². The number of nitrogens with one attached hydrogen (secondary N) is 1. The minimum absolute atomic E-state index is 0.806. The Hall–Kier alpha value is -1.70. The zero-order valence-electron chi connectivity index (χ0n) is 7.54. The summed E-state index contributed by atoms with van der Waals surface area (Å²) in [5.41, 5.74) is 7.64. The van der Waals surface area contributed by atoms with Crippen molar-refractivity contribution in [3.8, 4) is 0 Å². The normalized spacial score (nSPS) is 10.2. The van der Waals surface area contributed by atoms with Gasteiger partial charge in [-0.1, -0.05) is 18.2 Å². The van der Waals surface area contributed by atoms with Crippen LogP contribution < -0.4 is 11.1 Å². The molecule has 0 saturated heterocycles. The highest BCUT2D eigenvalue weighted by atomic mass is 14.8. The molecule has 0 radical (unpaired) electrons. The van der Waals surface area contributed by atoms with Crippen molar-refractivity contribution in [2.24, 2.45) is 0 Å². The van der Waals surface area contributed by atoms with Crippen molar-refractivity contribution >= 4 is 22.1 Å². The van der Waals surface area contributed by atoms with E-state index in [4.69, 9.17) is 5.73 Å². The molecule has 0 amide bonds. The molecule has 2 heteroatoms. The van der Waals surface area contributed by atoms with Gasteiger partial charge in [-0.15, -0.1) is 0 Å². The highest BCUT2D eigenvalue weighted by Crippen LogP contribution is 2.24. The van der Waals surface area contributed by atoms with E-state index in [9.17, 15) is 0 Å². The molecular formula is C11H12N2. The van der Waals surface area contributed by atoms with Crippen LogP contribution in [0.5, 0.6) is 0 Å². The Morgan fingerprint density at radius 1 is 1.15 bits per heavy atom. The van der Waals surface area contributed by atoms with Crippen molar-refractivity contribution in [2.75, 3.05) is 18.1 Å². The van der Waals surface area contributed by atoms with Gasteiger partial charge >= 0.3 is 0 Å². The fraction of sp³-hybridized carbons (Fsp3) is 0.0909. The van der Waals surface area contributed by atoms with Gasteiger partial charge in [0.25, 0.3) is 0 Å². The zero-order chi connectivity index (χ0) is 9.26. The Morgan fingerprint density at radius 3 is 2.77 bits per heavy atom. The molecule has 3 N–H and O–H groups in total. The molecule has 0 bridgehead atoms. The Morgan fingerprint density at radius 2 is 2.00 bits per heavy atom. The van der Waals surface area contributed by atoms with Crippen LogP contribution in [0.2, 0.25) is 0 Å². The molecule has 0 aliphatic carbocycles. The van der Waals surface area contributed by atoms with Crippen LogP contribution in [-0.4, -0.2) is 7.05 Å². The molecule has 0 heterocycles. The van der Waals surface area contributed by atoms with Gasteiger partial charge in [0.1, 0.15) is 0 Å². The molecule has 0 saturated carbocycles. The van der Waals surface area contributed by atoms with Crippen LogP contribution in [0.1, 0.15) is 0 Å². The first-order valence-corrected chi connectivity index (χ1v) is 4.27. The van der Waals surface area contributed by atoms with E-state index < -0.39 is 0 Å². The van der Waals surface area contributed by atoms with Gasteiger partial charge < -0.3 is 11.1 Å². The summed E-state index contributed by atoms with van der Waals surface area (Å²) < 4.78 is 0. The summed E-state index contributed by atoms with van der Waals surface area (Å²) in [5, 5.41) is 5.53. The first-order chi connectivity index (χ1) is 6.31. The molecule has 0 unspecified atom stereocenters. The molecule has 0 fully saturated rings. The molecular weight excluding hydrogens is 160 g/mol. The number of hydrogen-bond donors (Lipinski definition) is 2. The lowest BCUT2D eigenvalue weighted by Gasteiger charge is -2.05. The number of nitrogens with two attached hydrogens (primary N) is 1. The predicted molar refractivity (Wildman–Crippen MR) is 57.9 cm³/mol. The largest absolute Gasteiger partial charge is 0.399 e. The van der Waals surface area contributed by atoms with Crippen LogP contribution >= 0.6 is 0 Å². The predicted octanol–water partition coefficient (Wildman–Crippen LogP) is 2.46. The van der Waals surface area contributed by atoms with Gasteiger partial charge in [0.15, 0.2) is 0 Å². The van der Waals surface area contributed by atoms with Crippen LogP contribution in [0, 0.1) is 0 Å². The minimum atomic E-state index is 0.806. The van der Waals surface area contributed by atoms with Gasteiger partial charge in [-0.3, -0.25) is 0 Å². The Balaban J connectivity index is 2.77. The molecule has 0 atom stereocenters. The second-order valence-corrected chi connectivity index (χ2v) is 3.04. The summed E-state index contributed by atoms with van der Waals surface area (Å²) >= 11 is 0. The topological polar surface area (TPSA) is 38.0 Å². The van der Waals surface area contributed by atoms with Crippen molar-refractivity contribution < 1.29 is 0 Å². The van der Waals surface area contributed by atoms with Crippen LogP contribution in [0.3, 0.4) is 0 Å². The lowest BCUT2D eigenvalue weighted by atomic mass is 10.1. The average Bonchev–Trinajstić information content (AvgIpc) is 2.16. The number of anilines is 2. The number of hydrogen-bond acceptors (Lipinski definition) is 2. The summed E-state index contributed by atoms with van der Waals surface area (Å²) in [6, 6.07) is 12.1. The second kappa shape index (κ2) is 2.98. The van der Waals surface area contributed by atoms with Crippen LogP contribution in [0.25, 0.3) is 10.8 Å². The average molecular weight is 172 g/mol. The maximum Gasteiger partial charge on any atom is 0.0417 e. The quantitative estimate of drug-likeness (QED) is 0.648. The fourth-order valence-electron chi connectivity index (χ4n) is 1.52. The molecule has 2 nitrogen and oxygen atoms in total. The monoisotopic (exact) mass is 172 g/mol. The summed E-state index contributed by atoms with van der Waals surface area (Å²) in [5.74, 6) is 0. The smallest absolute Gasteiger partial charge is 0.0417 e. The number of nitrogen functional groups attached to an aromatic ring is 1. The van der Waals surface area contributed by atoms with E-state index in [0.717, 1.165) is 11.4 Å². The van der Waals surface area contributed by atoms with Gasteiger partial charge in [0, 0.05) is 23.8 Å². The molecule has 0 aromatic heterocycles. The van der Waals surface area contributed by atoms with Crippen molar-refractivity contribution in [3.05, 3.63) is 36.4 Å². The van der Waals surface area contributed by atoms with Gasteiger partial charge in [-0.05, 0) is 23.6 Å². The summed E-state index contributed by atoms with van der Waals surface area (Å²) in [7, 11) is 1.92. The molecule has 2 aromatic carbocycles. The van der Waals surface area contributed by atoms with Crippen LogP contribution in [-0.2, 0) is 0 Å². The summed E-state index contributed by atoms with van der Waals surface area (Å²) in [4.78, 5) is 0. The number of fused-ring (bicyclic) bond motifs is 1. The van der Waals surface area contributed by atoms with Crippen molar-refractivity contribution in [1.82, 2.24) is 0 Å². The zero-order valence-corrected chi connectivity index (χ0v) is 7.54. The van der Waals surface area contributed by atoms with E-state index in [1.807, 2.05) is 31.3 Å². The Labute approximate surface area is 77.4 Å². The molecule has 0 spiro atoms. The second-order valence-electron chi connectivity index (χ2n) is 3.04. The molecule has 2 rings (SSSR count). The van der Waals surface area contributed by atoms with Gasteiger partial charge in [-0.25, -0.2) is 0 Å². The van der Waals surface area contributed by atoms with Gasteiger partial charge in [-0.2, -0.15) is 0 Å². The summed E-state index contributed by atoms with van der Waals surface area (Å²) in [6.45, 7) is 0. The Bertz CT molecular complexity index is 435. The van der Waals surface area contributed by atoms with E-state index in [2.05, 4.69) is 17.4 Å². The lowest BCUT2D eigenvalue weighted by Crippen LogP contribution is -1.90. The third-order valence-corrected chi connectivity index (χ3v) is 2.17. The first kappa shape index (κ1) is 7.92. The molecule has 0 aliphatic rings. The van der Waals surface area contributed by atoms with Crippen molar-refractivity contribution in [1.29, 1.82) is 0 Å². The Kier molecular flexibility index (Phi) is 1.81. The van der Waals surface area contributed by atoms with E-state index in [-0.39, 0.29) is 0 Å². The molecule has 66 valence electrons. The van der Waals surface area contributed by atoms with Gasteiger partial charge in [0.2, 0.25) is 0 Å². The van der Waals surface area contributed by atoms with Gasteiger partial charge in [0.05, 0.1) is 0 Å².